The molecule has 2 rings (SSSR count). The SMILES string of the molecule is C=CCCC(=O)N1CCc2nnc(NN)cc2C1. The van der Waals surface area contributed by atoms with Gasteiger partial charge in [-0.1, -0.05) is 6.08 Å². The highest BCUT2D eigenvalue weighted by atomic mass is 16.2. The Balaban J connectivity index is 2.08. The molecule has 6 heteroatoms. The van der Waals surface area contributed by atoms with Crippen LogP contribution >= 0.6 is 0 Å². The van der Waals surface area contributed by atoms with Crippen LogP contribution in [0.2, 0.25) is 0 Å². The highest BCUT2D eigenvalue weighted by Gasteiger charge is 2.21. The lowest BCUT2D eigenvalue weighted by atomic mass is 10.1. The number of nitrogens with one attached hydrogen (secondary N) is 1. The van der Waals surface area contributed by atoms with E-state index in [-0.39, 0.29) is 5.91 Å². The Kier molecular flexibility index (Phi) is 3.88. The third-order valence-corrected chi connectivity index (χ3v) is 3.00. The quantitative estimate of drug-likeness (QED) is 0.463. The number of fused-ring (bicyclic) bond motifs is 1. The molecule has 1 aliphatic rings. The number of nitrogens with zero attached hydrogens (tertiary/aromatic N) is 3. The van der Waals surface area contributed by atoms with Crippen molar-refractivity contribution in [2.45, 2.75) is 25.8 Å². The molecule has 6 nitrogen and oxygen atoms in total. The van der Waals surface area contributed by atoms with Crippen LogP contribution in [-0.2, 0) is 17.8 Å². The van der Waals surface area contributed by atoms with Crippen LogP contribution in [0.3, 0.4) is 0 Å². The van der Waals surface area contributed by atoms with Gasteiger partial charge >= 0.3 is 0 Å². The van der Waals surface area contributed by atoms with Gasteiger partial charge in [-0.3, -0.25) is 4.79 Å². The summed E-state index contributed by atoms with van der Waals surface area (Å²) in [5, 5.41) is 8.03. The molecule has 0 atom stereocenters. The van der Waals surface area contributed by atoms with Crippen LogP contribution in [0.1, 0.15) is 24.1 Å². The van der Waals surface area contributed by atoms with Gasteiger partial charge in [0.25, 0.3) is 0 Å². The first-order valence-corrected chi connectivity index (χ1v) is 5.95. The van der Waals surface area contributed by atoms with Gasteiger partial charge in [-0.15, -0.1) is 11.7 Å². The number of aromatic nitrogens is 2. The Morgan fingerprint density at radius 1 is 1.61 bits per heavy atom. The maximum atomic E-state index is 11.9. The number of hydrogen-bond acceptors (Lipinski definition) is 5. The number of allylic oxidation sites excluding steroid dienone is 1. The number of carbonyl (C=O) groups excluding carboxylic acids is 1. The summed E-state index contributed by atoms with van der Waals surface area (Å²) < 4.78 is 0. The second-order valence-electron chi connectivity index (χ2n) is 4.24. The van der Waals surface area contributed by atoms with Crippen molar-refractivity contribution in [1.29, 1.82) is 0 Å². The summed E-state index contributed by atoms with van der Waals surface area (Å²) in [4.78, 5) is 13.8. The third-order valence-electron chi connectivity index (χ3n) is 3.00. The van der Waals surface area contributed by atoms with Gasteiger partial charge in [-0.2, -0.15) is 5.10 Å². The van der Waals surface area contributed by atoms with E-state index in [1.807, 2.05) is 11.0 Å². The number of nitrogens with two attached hydrogens (primary N) is 1. The topological polar surface area (TPSA) is 84.1 Å². The maximum Gasteiger partial charge on any atom is 0.223 e. The van der Waals surface area contributed by atoms with Crippen LogP contribution in [0.15, 0.2) is 18.7 Å². The zero-order valence-corrected chi connectivity index (χ0v) is 10.2. The molecule has 1 amide bonds. The molecule has 0 bridgehead atoms. The highest BCUT2D eigenvalue weighted by molar-refractivity contribution is 5.76. The summed E-state index contributed by atoms with van der Waals surface area (Å²) >= 11 is 0. The molecule has 0 fully saturated rings. The summed E-state index contributed by atoms with van der Waals surface area (Å²) in [6.45, 7) is 4.91. The number of carbonyl (C=O) groups is 1. The molecule has 0 radical (unpaired) electrons. The fourth-order valence-electron chi connectivity index (χ4n) is 2.00. The first kappa shape index (κ1) is 12.5. The summed E-state index contributed by atoms with van der Waals surface area (Å²) in [7, 11) is 0. The van der Waals surface area contributed by atoms with E-state index in [1.54, 1.807) is 6.08 Å². The van der Waals surface area contributed by atoms with Crippen LogP contribution in [0.4, 0.5) is 5.82 Å². The molecule has 1 aliphatic heterocycles. The Morgan fingerprint density at radius 3 is 3.17 bits per heavy atom. The Bertz CT molecular complexity index is 460. The van der Waals surface area contributed by atoms with Gasteiger partial charge < -0.3 is 10.3 Å². The fraction of sp³-hybridized carbons (Fsp3) is 0.417. The zero-order valence-electron chi connectivity index (χ0n) is 10.2. The third kappa shape index (κ3) is 2.65. The Labute approximate surface area is 106 Å². The summed E-state index contributed by atoms with van der Waals surface area (Å²) in [5.74, 6) is 5.97. The molecule has 18 heavy (non-hydrogen) atoms. The van der Waals surface area contributed by atoms with Crippen molar-refractivity contribution >= 4 is 11.7 Å². The van der Waals surface area contributed by atoms with Crippen molar-refractivity contribution in [3.8, 4) is 0 Å². The number of hydrazine groups is 1. The molecule has 1 aromatic heterocycles. The van der Waals surface area contributed by atoms with Crippen LogP contribution in [0, 0.1) is 0 Å². The molecule has 0 spiro atoms. The first-order valence-electron chi connectivity index (χ1n) is 5.95. The molecule has 1 aromatic rings. The molecule has 0 aromatic carbocycles. The van der Waals surface area contributed by atoms with Gasteiger partial charge in [-0.25, -0.2) is 5.84 Å². The lowest BCUT2D eigenvalue weighted by molar-refractivity contribution is -0.132. The summed E-state index contributed by atoms with van der Waals surface area (Å²) in [6.07, 6.45) is 3.73. The molecule has 0 aliphatic carbocycles. The standard InChI is InChI=1S/C12H17N5O/c1-2-3-4-12(18)17-6-5-10-9(8-17)7-11(14-13)16-15-10/h2,7H,1,3-6,8,13H2,(H,14,16). The largest absolute Gasteiger partial charge is 0.338 e. The fourth-order valence-corrected chi connectivity index (χ4v) is 2.00. The molecular formula is C12H17N5O. The molecular weight excluding hydrogens is 230 g/mol. The molecule has 3 N–H and O–H groups in total. The number of rotatable bonds is 4. The van der Waals surface area contributed by atoms with E-state index in [9.17, 15) is 4.79 Å². The summed E-state index contributed by atoms with van der Waals surface area (Å²) in [6, 6.07) is 1.84. The minimum Gasteiger partial charge on any atom is -0.338 e. The molecule has 0 saturated heterocycles. The lowest BCUT2D eigenvalue weighted by Crippen LogP contribution is -2.36. The lowest BCUT2D eigenvalue weighted by Gasteiger charge is -2.28. The monoisotopic (exact) mass is 247 g/mol. The van der Waals surface area contributed by atoms with Crippen LogP contribution in [0.5, 0.6) is 0 Å². The van der Waals surface area contributed by atoms with Gasteiger partial charge in [0, 0.05) is 25.9 Å². The Hall–Kier alpha value is -1.95. The maximum absolute atomic E-state index is 11.9. The van der Waals surface area contributed by atoms with E-state index in [1.165, 1.54) is 0 Å². The van der Waals surface area contributed by atoms with Crippen LogP contribution in [-0.4, -0.2) is 27.5 Å². The number of hydrogen-bond donors (Lipinski definition) is 2. The van der Waals surface area contributed by atoms with Crippen molar-refractivity contribution < 1.29 is 4.79 Å². The van der Waals surface area contributed by atoms with Crippen molar-refractivity contribution in [2.75, 3.05) is 12.0 Å². The smallest absolute Gasteiger partial charge is 0.223 e. The number of amides is 1. The average Bonchev–Trinajstić information content (AvgIpc) is 2.43. The second kappa shape index (κ2) is 5.59. The molecule has 96 valence electrons. The average molecular weight is 247 g/mol. The van der Waals surface area contributed by atoms with Gasteiger partial charge in [-0.05, 0) is 18.1 Å². The minimum absolute atomic E-state index is 0.152. The van der Waals surface area contributed by atoms with E-state index in [0.717, 1.165) is 17.7 Å². The van der Waals surface area contributed by atoms with E-state index in [0.29, 0.717) is 31.7 Å². The predicted molar refractivity (Wildman–Crippen MR) is 68.4 cm³/mol. The van der Waals surface area contributed by atoms with Crippen molar-refractivity contribution in [3.05, 3.63) is 30.0 Å². The number of anilines is 1. The minimum atomic E-state index is 0.152. The second-order valence-corrected chi connectivity index (χ2v) is 4.24. The Morgan fingerprint density at radius 2 is 2.44 bits per heavy atom. The highest BCUT2D eigenvalue weighted by Crippen LogP contribution is 2.19. The van der Waals surface area contributed by atoms with Gasteiger partial charge in [0.05, 0.1) is 5.69 Å². The van der Waals surface area contributed by atoms with E-state index < -0.39 is 0 Å². The molecule has 0 unspecified atom stereocenters. The zero-order chi connectivity index (χ0) is 13.0. The number of nitrogen functional groups attached to an aromatic ring is 1. The van der Waals surface area contributed by atoms with Crippen LogP contribution < -0.4 is 11.3 Å². The van der Waals surface area contributed by atoms with Crippen molar-refractivity contribution in [3.63, 3.8) is 0 Å². The van der Waals surface area contributed by atoms with Gasteiger partial charge in [0.1, 0.15) is 0 Å². The van der Waals surface area contributed by atoms with Gasteiger partial charge in [0.15, 0.2) is 5.82 Å². The van der Waals surface area contributed by atoms with E-state index in [2.05, 4.69) is 22.2 Å². The first-order chi connectivity index (χ1) is 8.74. The van der Waals surface area contributed by atoms with Gasteiger partial charge in [0.2, 0.25) is 5.91 Å². The van der Waals surface area contributed by atoms with Crippen molar-refractivity contribution in [2.24, 2.45) is 5.84 Å². The molecule has 2 heterocycles. The summed E-state index contributed by atoms with van der Waals surface area (Å²) in [5.41, 5.74) is 4.42. The van der Waals surface area contributed by atoms with E-state index in [4.69, 9.17) is 5.84 Å². The normalized spacial score (nSPS) is 13.9. The van der Waals surface area contributed by atoms with Crippen LogP contribution in [0.25, 0.3) is 0 Å². The molecule has 0 saturated carbocycles. The van der Waals surface area contributed by atoms with E-state index >= 15 is 0 Å². The predicted octanol–water partition coefficient (Wildman–Crippen LogP) is 0.613. The van der Waals surface area contributed by atoms with Crippen molar-refractivity contribution in [1.82, 2.24) is 15.1 Å².